The van der Waals surface area contributed by atoms with Crippen LogP contribution in [0.3, 0.4) is 0 Å². The van der Waals surface area contributed by atoms with E-state index in [4.69, 9.17) is 20.6 Å². The van der Waals surface area contributed by atoms with Gasteiger partial charge in [-0.1, -0.05) is 0 Å². The van der Waals surface area contributed by atoms with Crippen molar-refractivity contribution >= 4 is 0 Å². The molecule has 0 radical (unpaired) electrons. The summed E-state index contributed by atoms with van der Waals surface area (Å²) in [6, 6.07) is 0. The Morgan fingerprint density at radius 2 is 2.00 bits per heavy atom. The molecule has 0 unspecified atom stereocenters. The van der Waals surface area contributed by atoms with E-state index in [0.717, 1.165) is 0 Å². The Morgan fingerprint density at radius 3 is 2.53 bits per heavy atom. The molecule has 0 saturated heterocycles. The van der Waals surface area contributed by atoms with Gasteiger partial charge in [-0.05, 0) is 13.8 Å². The number of ether oxygens (including phenoxy) is 3. The maximum atomic E-state index is 9.64. The summed E-state index contributed by atoms with van der Waals surface area (Å²) in [6.45, 7) is 4.68. The normalized spacial score (nSPS) is 16.7. The molecule has 0 aliphatic carbocycles. The van der Waals surface area contributed by atoms with Crippen LogP contribution in [0.5, 0.6) is 0 Å². The fraction of sp³-hybridized carbons (Fsp3) is 0.818. The van der Waals surface area contributed by atoms with Gasteiger partial charge >= 0.3 is 0 Å². The van der Waals surface area contributed by atoms with E-state index >= 15 is 0 Å². The lowest BCUT2D eigenvalue weighted by molar-refractivity contribution is -0.127. The van der Waals surface area contributed by atoms with Gasteiger partial charge in [-0.3, -0.25) is 0 Å². The Bertz CT molecular complexity index is 188. The summed E-state index contributed by atoms with van der Waals surface area (Å²) in [5.74, 6) is 2.24. The number of hydrogen-bond acceptors (Lipinski definition) is 4. The molecule has 0 rings (SSSR count). The van der Waals surface area contributed by atoms with Gasteiger partial charge in [0.2, 0.25) is 0 Å². The molecule has 0 aromatic rings. The second-order valence-electron chi connectivity index (χ2n) is 3.34. The highest BCUT2D eigenvalue weighted by Crippen LogP contribution is 2.08. The minimum absolute atomic E-state index is 0.138. The van der Waals surface area contributed by atoms with Crippen LogP contribution in [0.1, 0.15) is 13.8 Å². The topological polar surface area (TPSA) is 47.9 Å². The molecule has 0 aliphatic rings. The van der Waals surface area contributed by atoms with Crippen molar-refractivity contribution in [1.82, 2.24) is 0 Å². The first-order valence-corrected chi connectivity index (χ1v) is 4.96. The van der Waals surface area contributed by atoms with E-state index < -0.39 is 6.10 Å². The molecule has 3 atom stereocenters. The summed E-state index contributed by atoms with van der Waals surface area (Å²) in [6.07, 6.45) is 4.19. The molecule has 0 aliphatic heterocycles. The molecule has 88 valence electrons. The Hall–Kier alpha value is -0.600. The van der Waals surface area contributed by atoms with Gasteiger partial charge in [0.1, 0.15) is 6.79 Å². The average molecular weight is 216 g/mol. The highest BCUT2D eigenvalue weighted by molar-refractivity contribution is 4.95. The van der Waals surface area contributed by atoms with Crippen molar-refractivity contribution < 1.29 is 19.3 Å². The SMILES string of the molecule is C#C[C@@H](C)[C@H](O)[C@@H](C)OCOCCOC. The second kappa shape index (κ2) is 8.69. The lowest BCUT2D eigenvalue weighted by atomic mass is 10.0. The third-order valence-electron chi connectivity index (χ3n) is 2.10. The van der Waals surface area contributed by atoms with E-state index in [1.165, 1.54) is 0 Å². The molecular weight excluding hydrogens is 196 g/mol. The van der Waals surface area contributed by atoms with Crippen molar-refractivity contribution in [3.63, 3.8) is 0 Å². The highest BCUT2D eigenvalue weighted by atomic mass is 16.7. The predicted molar refractivity (Wildman–Crippen MR) is 57.2 cm³/mol. The first-order valence-electron chi connectivity index (χ1n) is 4.96. The van der Waals surface area contributed by atoms with E-state index in [2.05, 4.69) is 5.92 Å². The molecule has 0 fully saturated rings. The maximum absolute atomic E-state index is 9.64. The fourth-order valence-electron chi connectivity index (χ4n) is 0.960. The summed E-state index contributed by atoms with van der Waals surface area (Å²) >= 11 is 0. The lowest BCUT2D eigenvalue weighted by Crippen LogP contribution is -2.32. The van der Waals surface area contributed by atoms with E-state index in [0.29, 0.717) is 13.2 Å². The van der Waals surface area contributed by atoms with Crippen molar-refractivity contribution in [3.8, 4) is 12.3 Å². The lowest BCUT2D eigenvalue weighted by Gasteiger charge is -2.21. The molecule has 0 amide bonds. The first kappa shape index (κ1) is 14.4. The smallest absolute Gasteiger partial charge is 0.147 e. The molecular formula is C11H20O4. The van der Waals surface area contributed by atoms with Gasteiger partial charge in [-0.25, -0.2) is 0 Å². The quantitative estimate of drug-likeness (QED) is 0.367. The number of terminal acetylenes is 1. The van der Waals surface area contributed by atoms with Gasteiger partial charge in [0.15, 0.2) is 0 Å². The summed E-state index contributed by atoms with van der Waals surface area (Å²) in [4.78, 5) is 0. The minimum atomic E-state index is -0.666. The van der Waals surface area contributed by atoms with E-state index in [-0.39, 0.29) is 18.8 Å². The Kier molecular flexibility index (Phi) is 8.34. The Morgan fingerprint density at radius 1 is 1.33 bits per heavy atom. The molecule has 0 heterocycles. The third-order valence-corrected chi connectivity index (χ3v) is 2.10. The van der Waals surface area contributed by atoms with Gasteiger partial charge in [-0.2, -0.15) is 0 Å². The maximum Gasteiger partial charge on any atom is 0.147 e. The van der Waals surface area contributed by atoms with Crippen LogP contribution in [0.2, 0.25) is 0 Å². The number of methoxy groups -OCH3 is 1. The van der Waals surface area contributed by atoms with Gasteiger partial charge < -0.3 is 19.3 Å². The molecule has 0 spiro atoms. The number of aliphatic hydroxyl groups is 1. The monoisotopic (exact) mass is 216 g/mol. The number of hydrogen-bond donors (Lipinski definition) is 1. The number of rotatable bonds is 8. The fourth-order valence-corrected chi connectivity index (χ4v) is 0.960. The zero-order valence-corrected chi connectivity index (χ0v) is 9.60. The van der Waals surface area contributed by atoms with E-state index in [9.17, 15) is 5.11 Å². The molecule has 15 heavy (non-hydrogen) atoms. The van der Waals surface area contributed by atoms with Crippen molar-refractivity contribution in [1.29, 1.82) is 0 Å². The van der Waals surface area contributed by atoms with Gasteiger partial charge in [-0.15, -0.1) is 12.3 Å². The van der Waals surface area contributed by atoms with Gasteiger partial charge in [0, 0.05) is 13.0 Å². The van der Waals surface area contributed by atoms with E-state index in [1.54, 1.807) is 21.0 Å². The predicted octanol–water partition coefficient (Wildman–Crippen LogP) is 0.642. The molecule has 0 bridgehead atoms. The Balaban J connectivity index is 3.56. The number of aliphatic hydroxyl groups excluding tert-OH is 1. The summed E-state index contributed by atoms with van der Waals surface area (Å²) < 4.78 is 15.1. The standard InChI is InChI=1S/C11H20O4/c1-5-9(2)11(12)10(3)15-8-14-7-6-13-4/h1,9-12H,6-8H2,2-4H3/t9-,10-,11+/m1/s1. The van der Waals surface area contributed by atoms with Gasteiger partial charge in [0.05, 0.1) is 25.4 Å². The molecule has 4 nitrogen and oxygen atoms in total. The first-order chi connectivity index (χ1) is 7.13. The van der Waals surface area contributed by atoms with Crippen LogP contribution in [0.4, 0.5) is 0 Å². The second-order valence-corrected chi connectivity index (χ2v) is 3.34. The van der Waals surface area contributed by atoms with Crippen LogP contribution < -0.4 is 0 Å². The molecule has 1 N–H and O–H groups in total. The van der Waals surface area contributed by atoms with Crippen molar-refractivity contribution in [2.24, 2.45) is 5.92 Å². The molecule has 0 aromatic heterocycles. The van der Waals surface area contributed by atoms with Crippen molar-refractivity contribution in [2.75, 3.05) is 27.1 Å². The third kappa shape index (κ3) is 6.47. The largest absolute Gasteiger partial charge is 0.389 e. The van der Waals surface area contributed by atoms with Crippen molar-refractivity contribution in [3.05, 3.63) is 0 Å². The molecule has 0 saturated carbocycles. The molecule has 0 aromatic carbocycles. The zero-order valence-electron chi connectivity index (χ0n) is 9.60. The summed E-state index contributed by atoms with van der Waals surface area (Å²) in [5, 5.41) is 9.64. The van der Waals surface area contributed by atoms with Crippen LogP contribution >= 0.6 is 0 Å². The minimum Gasteiger partial charge on any atom is -0.389 e. The van der Waals surface area contributed by atoms with Crippen LogP contribution in [0.25, 0.3) is 0 Å². The van der Waals surface area contributed by atoms with Crippen molar-refractivity contribution in [2.45, 2.75) is 26.1 Å². The van der Waals surface area contributed by atoms with Crippen LogP contribution in [0, 0.1) is 18.3 Å². The van der Waals surface area contributed by atoms with Crippen LogP contribution in [-0.4, -0.2) is 44.4 Å². The summed E-state index contributed by atoms with van der Waals surface area (Å²) in [5.41, 5.74) is 0. The zero-order chi connectivity index (χ0) is 11.7. The highest BCUT2D eigenvalue weighted by Gasteiger charge is 2.19. The summed E-state index contributed by atoms with van der Waals surface area (Å²) in [7, 11) is 1.60. The average Bonchev–Trinajstić information content (AvgIpc) is 2.26. The van der Waals surface area contributed by atoms with Gasteiger partial charge in [0.25, 0.3) is 0 Å². The van der Waals surface area contributed by atoms with Crippen LogP contribution in [0.15, 0.2) is 0 Å². The Labute approximate surface area is 91.5 Å². The van der Waals surface area contributed by atoms with E-state index in [1.807, 2.05) is 0 Å². The van der Waals surface area contributed by atoms with Crippen LogP contribution in [-0.2, 0) is 14.2 Å². The molecule has 4 heteroatoms.